The van der Waals surface area contributed by atoms with Crippen LogP contribution in [0.3, 0.4) is 0 Å². The van der Waals surface area contributed by atoms with E-state index in [-0.39, 0.29) is 5.56 Å². The summed E-state index contributed by atoms with van der Waals surface area (Å²) >= 11 is 0. The molecule has 0 unspecified atom stereocenters. The fourth-order valence-corrected chi connectivity index (χ4v) is 1.77. The summed E-state index contributed by atoms with van der Waals surface area (Å²) in [5.74, 6) is 1.59. The first kappa shape index (κ1) is 14.3. The maximum absolute atomic E-state index is 11.4. The topological polar surface area (TPSA) is 64.2 Å². The van der Waals surface area contributed by atoms with Gasteiger partial charge in [-0.15, -0.1) is 0 Å². The first-order valence-electron chi connectivity index (χ1n) is 6.57. The number of H-pyrrole nitrogens is 1. The number of hydrogen-bond acceptors (Lipinski definition) is 4. The molecule has 0 amide bonds. The lowest BCUT2D eigenvalue weighted by molar-refractivity contribution is 0.202. The van der Waals surface area contributed by atoms with E-state index in [1.165, 1.54) is 11.6 Å². The van der Waals surface area contributed by atoms with Gasteiger partial charge in [0.05, 0.1) is 12.7 Å². The zero-order valence-electron chi connectivity index (χ0n) is 11.7. The van der Waals surface area contributed by atoms with Crippen molar-refractivity contribution in [1.82, 2.24) is 9.97 Å². The first-order valence-corrected chi connectivity index (χ1v) is 6.57. The SMILES string of the molecule is CCc1nc(Oc2ccc(CCOC)cc2)cc(=O)[nH]1. The molecule has 0 saturated carbocycles. The number of aryl methyl sites for hydroxylation is 1. The van der Waals surface area contributed by atoms with E-state index in [9.17, 15) is 4.79 Å². The van der Waals surface area contributed by atoms with Crippen LogP contribution >= 0.6 is 0 Å². The molecule has 2 aromatic rings. The first-order chi connectivity index (χ1) is 9.71. The molecule has 1 aromatic heterocycles. The number of rotatable bonds is 6. The third kappa shape index (κ3) is 3.93. The summed E-state index contributed by atoms with van der Waals surface area (Å²) in [7, 11) is 1.68. The molecular weight excluding hydrogens is 256 g/mol. The smallest absolute Gasteiger partial charge is 0.254 e. The molecule has 1 N–H and O–H groups in total. The summed E-state index contributed by atoms with van der Waals surface area (Å²) in [5, 5.41) is 0. The normalized spacial score (nSPS) is 10.5. The van der Waals surface area contributed by atoms with E-state index in [1.54, 1.807) is 7.11 Å². The van der Waals surface area contributed by atoms with Gasteiger partial charge in [-0.05, 0) is 24.1 Å². The molecule has 0 radical (unpaired) electrons. The average molecular weight is 274 g/mol. The zero-order valence-corrected chi connectivity index (χ0v) is 11.7. The predicted octanol–water partition coefficient (Wildman–Crippen LogP) is 2.31. The highest BCUT2D eigenvalue weighted by Crippen LogP contribution is 2.19. The largest absolute Gasteiger partial charge is 0.439 e. The maximum Gasteiger partial charge on any atom is 0.254 e. The van der Waals surface area contributed by atoms with Crippen LogP contribution in [0.15, 0.2) is 35.1 Å². The van der Waals surface area contributed by atoms with Crippen LogP contribution in [-0.2, 0) is 17.6 Å². The third-order valence-corrected chi connectivity index (χ3v) is 2.84. The minimum atomic E-state index is -0.205. The van der Waals surface area contributed by atoms with E-state index >= 15 is 0 Å². The Labute approximate surface area is 117 Å². The molecule has 0 spiro atoms. The summed E-state index contributed by atoms with van der Waals surface area (Å²) in [6, 6.07) is 9.02. The van der Waals surface area contributed by atoms with Crippen molar-refractivity contribution >= 4 is 0 Å². The van der Waals surface area contributed by atoms with Gasteiger partial charge < -0.3 is 14.5 Å². The molecule has 2 rings (SSSR count). The zero-order chi connectivity index (χ0) is 14.4. The van der Waals surface area contributed by atoms with Crippen LogP contribution in [0, 0.1) is 0 Å². The van der Waals surface area contributed by atoms with Crippen molar-refractivity contribution in [2.24, 2.45) is 0 Å². The van der Waals surface area contributed by atoms with E-state index in [1.807, 2.05) is 31.2 Å². The number of aromatic nitrogens is 2. The molecular formula is C15H18N2O3. The summed E-state index contributed by atoms with van der Waals surface area (Å²) in [6.07, 6.45) is 1.52. The van der Waals surface area contributed by atoms with Crippen molar-refractivity contribution in [2.45, 2.75) is 19.8 Å². The Kier molecular flexibility index (Phi) is 4.90. The molecule has 0 aliphatic carbocycles. The Morgan fingerprint density at radius 1 is 1.25 bits per heavy atom. The fraction of sp³-hybridized carbons (Fsp3) is 0.333. The Morgan fingerprint density at radius 3 is 2.65 bits per heavy atom. The van der Waals surface area contributed by atoms with Crippen LogP contribution in [0.4, 0.5) is 0 Å². The Morgan fingerprint density at radius 2 is 2.00 bits per heavy atom. The predicted molar refractivity (Wildman–Crippen MR) is 76.3 cm³/mol. The quantitative estimate of drug-likeness (QED) is 0.878. The van der Waals surface area contributed by atoms with E-state index in [2.05, 4.69) is 9.97 Å². The number of benzene rings is 1. The summed E-state index contributed by atoms with van der Waals surface area (Å²) in [6.45, 7) is 2.61. The van der Waals surface area contributed by atoms with Gasteiger partial charge in [0.15, 0.2) is 0 Å². The number of hydrogen-bond donors (Lipinski definition) is 1. The van der Waals surface area contributed by atoms with Crippen LogP contribution in [0.2, 0.25) is 0 Å². The summed E-state index contributed by atoms with van der Waals surface area (Å²) in [4.78, 5) is 18.3. The number of nitrogens with one attached hydrogen (secondary N) is 1. The number of ether oxygens (including phenoxy) is 2. The Balaban J connectivity index is 2.09. The minimum Gasteiger partial charge on any atom is -0.439 e. The van der Waals surface area contributed by atoms with Gasteiger partial charge in [-0.25, -0.2) is 0 Å². The molecule has 5 nitrogen and oxygen atoms in total. The molecule has 1 heterocycles. The lowest BCUT2D eigenvalue weighted by atomic mass is 10.1. The van der Waals surface area contributed by atoms with Gasteiger partial charge in [-0.2, -0.15) is 4.98 Å². The van der Waals surface area contributed by atoms with Gasteiger partial charge in [0.1, 0.15) is 11.6 Å². The second kappa shape index (κ2) is 6.86. The van der Waals surface area contributed by atoms with Crippen LogP contribution in [0.5, 0.6) is 11.6 Å². The van der Waals surface area contributed by atoms with E-state index in [4.69, 9.17) is 9.47 Å². The van der Waals surface area contributed by atoms with Crippen molar-refractivity contribution in [3.05, 3.63) is 52.1 Å². The Bertz CT molecular complexity index is 605. The van der Waals surface area contributed by atoms with Crippen LogP contribution < -0.4 is 10.3 Å². The summed E-state index contributed by atoms with van der Waals surface area (Å²) < 4.78 is 10.6. The lowest BCUT2D eigenvalue weighted by Gasteiger charge is -2.06. The van der Waals surface area contributed by atoms with E-state index in [0.717, 1.165) is 6.42 Å². The van der Waals surface area contributed by atoms with Crippen LogP contribution in [0.25, 0.3) is 0 Å². The number of nitrogens with zero attached hydrogens (tertiary/aromatic N) is 1. The highest BCUT2D eigenvalue weighted by molar-refractivity contribution is 5.30. The molecule has 106 valence electrons. The van der Waals surface area contributed by atoms with Gasteiger partial charge in [0, 0.05) is 13.5 Å². The van der Waals surface area contributed by atoms with Crippen molar-refractivity contribution < 1.29 is 9.47 Å². The van der Waals surface area contributed by atoms with Gasteiger partial charge in [0.25, 0.3) is 5.56 Å². The maximum atomic E-state index is 11.4. The number of methoxy groups -OCH3 is 1. The molecule has 0 aliphatic rings. The van der Waals surface area contributed by atoms with Gasteiger partial charge in [-0.3, -0.25) is 4.79 Å². The minimum absolute atomic E-state index is 0.205. The molecule has 0 bridgehead atoms. The molecule has 5 heteroatoms. The third-order valence-electron chi connectivity index (χ3n) is 2.84. The van der Waals surface area contributed by atoms with Crippen molar-refractivity contribution in [3.8, 4) is 11.6 Å². The standard InChI is InChI=1S/C15H18N2O3/c1-3-13-16-14(18)10-15(17-13)20-12-6-4-11(5-7-12)8-9-19-2/h4-7,10H,3,8-9H2,1-2H3,(H,16,17,18). The molecule has 0 aliphatic heterocycles. The van der Waals surface area contributed by atoms with Crippen molar-refractivity contribution in [3.63, 3.8) is 0 Å². The van der Waals surface area contributed by atoms with Crippen LogP contribution in [0.1, 0.15) is 18.3 Å². The van der Waals surface area contributed by atoms with Crippen molar-refractivity contribution in [2.75, 3.05) is 13.7 Å². The second-order valence-electron chi connectivity index (χ2n) is 4.37. The van der Waals surface area contributed by atoms with E-state index in [0.29, 0.717) is 30.5 Å². The van der Waals surface area contributed by atoms with E-state index < -0.39 is 0 Å². The molecule has 0 fully saturated rings. The number of aromatic amines is 1. The highest BCUT2D eigenvalue weighted by atomic mass is 16.5. The Hall–Kier alpha value is -2.14. The van der Waals surface area contributed by atoms with Crippen LogP contribution in [-0.4, -0.2) is 23.7 Å². The molecule has 1 aromatic carbocycles. The fourth-order valence-electron chi connectivity index (χ4n) is 1.77. The van der Waals surface area contributed by atoms with Gasteiger partial charge in [0.2, 0.25) is 5.88 Å². The monoisotopic (exact) mass is 274 g/mol. The molecule has 20 heavy (non-hydrogen) atoms. The second-order valence-corrected chi connectivity index (χ2v) is 4.37. The average Bonchev–Trinajstić information content (AvgIpc) is 2.46. The van der Waals surface area contributed by atoms with Crippen molar-refractivity contribution in [1.29, 1.82) is 0 Å². The highest BCUT2D eigenvalue weighted by Gasteiger charge is 2.03. The van der Waals surface area contributed by atoms with Gasteiger partial charge >= 0.3 is 0 Å². The summed E-state index contributed by atoms with van der Waals surface area (Å²) in [5.41, 5.74) is 0.968. The molecule has 0 atom stereocenters. The molecule has 0 saturated heterocycles. The lowest BCUT2D eigenvalue weighted by Crippen LogP contribution is -2.10. The van der Waals surface area contributed by atoms with Gasteiger partial charge in [-0.1, -0.05) is 19.1 Å².